The first-order valence-corrected chi connectivity index (χ1v) is 10.9. The molecule has 168 valence electrons. The minimum Gasteiger partial charge on any atom is -0.381 e. The van der Waals surface area contributed by atoms with Gasteiger partial charge in [0.2, 0.25) is 0 Å². The van der Waals surface area contributed by atoms with Crippen molar-refractivity contribution in [3.8, 4) is 11.3 Å². The number of aryl methyl sites for hydroxylation is 1. The monoisotopic (exact) mass is 440 g/mol. The van der Waals surface area contributed by atoms with Crippen LogP contribution < -0.4 is 5.32 Å². The second-order valence-electron chi connectivity index (χ2n) is 8.90. The molecule has 1 aromatic carbocycles. The predicted octanol–water partition coefficient (Wildman–Crippen LogP) is 3.60. The Morgan fingerprint density at radius 3 is 2.66 bits per heavy atom. The van der Waals surface area contributed by atoms with Crippen LogP contribution in [0.2, 0.25) is 0 Å². The van der Waals surface area contributed by atoms with E-state index in [1.165, 1.54) is 12.1 Å². The number of benzene rings is 1. The minimum absolute atomic E-state index is 0.0682. The van der Waals surface area contributed by atoms with Crippen LogP contribution in [0.25, 0.3) is 16.9 Å². The highest BCUT2D eigenvalue weighted by molar-refractivity contribution is 5.87. The van der Waals surface area contributed by atoms with Crippen molar-refractivity contribution < 1.29 is 18.3 Å². The molecule has 3 aromatic rings. The van der Waals surface area contributed by atoms with Crippen molar-refractivity contribution in [2.45, 2.75) is 38.3 Å². The zero-order valence-electron chi connectivity index (χ0n) is 18.2. The number of nitrogens with zero attached hydrogens (tertiary/aromatic N) is 3. The number of ether oxygens (including phenoxy) is 1. The Morgan fingerprint density at radius 2 is 1.97 bits per heavy atom. The average Bonchev–Trinajstić information content (AvgIpc) is 3.03. The van der Waals surface area contributed by atoms with Gasteiger partial charge in [-0.25, -0.2) is 13.8 Å². The van der Waals surface area contributed by atoms with Crippen LogP contribution in [0.3, 0.4) is 0 Å². The van der Waals surface area contributed by atoms with Crippen molar-refractivity contribution in [2.75, 3.05) is 32.1 Å². The molecule has 0 radical (unpaired) electrons. The summed E-state index contributed by atoms with van der Waals surface area (Å²) < 4.78 is 38.3. The fourth-order valence-electron chi connectivity index (χ4n) is 4.51. The van der Waals surface area contributed by atoms with Crippen molar-refractivity contribution in [1.29, 1.82) is 0 Å². The molecule has 1 saturated heterocycles. The van der Waals surface area contributed by atoms with E-state index in [1.807, 2.05) is 36.7 Å². The van der Waals surface area contributed by atoms with Crippen molar-refractivity contribution in [1.82, 2.24) is 14.3 Å². The van der Waals surface area contributed by atoms with Crippen LogP contribution in [0.1, 0.15) is 24.1 Å². The van der Waals surface area contributed by atoms with Gasteiger partial charge in [0.1, 0.15) is 23.1 Å². The number of hydrogen-bond donors (Lipinski definition) is 1. The van der Waals surface area contributed by atoms with Crippen LogP contribution in [0.4, 0.5) is 14.5 Å². The number of rotatable bonds is 5. The van der Waals surface area contributed by atoms with Crippen LogP contribution in [0.15, 0.2) is 30.5 Å². The van der Waals surface area contributed by atoms with Gasteiger partial charge < -0.3 is 19.4 Å². The van der Waals surface area contributed by atoms with Crippen molar-refractivity contribution >= 4 is 17.1 Å². The molecule has 0 bridgehead atoms. The van der Waals surface area contributed by atoms with Gasteiger partial charge in [0.25, 0.3) is 0 Å². The molecule has 1 aliphatic heterocycles. The molecule has 5 rings (SSSR count). The normalized spacial score (nSPS) is 20.0. The van der Waals surface area contributed by atoms with Gasteiger partial charge in [0, 0.05) is 50.3 Å². The molecule has 6 nitrogen and oxygen atoms in total. The van der Waals surface area contributed by atoms with E-state index in [-0.39, 0.29) is 23.5 Å². The van der Waals surface area contributed by atoms with Gasteiger partial charge in [0.15, 0.2) is 0 Å². The first-order valence-electron chi connectivity index (χ1n) is 10.9. The molecule has 0 spiro atoms. The smallest absolute Gasteiger partial charge is 0.137 e. The highest BCUT2D eigenvalue weighted by Gasteiger charge is 2.28. The van der Waals surface area contributed by atoms with Crippen LogP contribution >= 0.6 is 0 Å². The molecule has 2 aliphatic rings. The summed E-state index contributed by atoms with van der Waals surface area (Å²) in [5.41, 5.74) is 2.88. The van der Waals surface area contributed by atoms with Gasteiger partial charge in [-0.2, -0.15) is 0 Å². The summed E-state index contributed by atoms with van der Waals surface area (Å²) >= 11 is 0. The first-order chi connectivity index (χ1) is 15.4. The number of fused-ring (bicyclic) bond motifs is 1. The van der Waals surface area contributed by atoms with Crippen LogP contribution in [-0.2, 0) is 16.0 Å². The van der Waals surface area contributed by atoms with E-state index in [1.54, 1.807) is 0 Å². The number of likely N-dealkylation sites (N-methyl/N-ethyl adjacent to an activating group) is 1. The number of hydrogen-bond acceptors (Lipinski definition) is 5. The van der Waals surface area contributed by atoms with E-state index in [4.69, 9.17) is 4.74 Å². The lowest BCUT2D eigenvalue weighted by Gasteiger charge is -2.30. The molecule has 1 N–H and O–H groups in total. The largest absolute Gasteiger partial charge is 0.381 e. The van der Waals surface area contributed by atoms with Gasteiger partial charge in [-0.15, -0.1) is 0 Å². The molecule has 2 aromatic heterocycles. The lowest BCUT2D eigenvalue weighted by atomic mass is 9.91. The summed E-state index contributed by atoms with van der Waals surface area (Å²) in [6.07, 6.45) is 3.07. The Kier molecular flexibility index (Phi) is 5.43. The van der Waals surface area contributed by atoms with Crippen LogP contribution in [-0.4, -0.2) is 59.0 Å². The Morgan fingerprint density at radius 1 is 1.22 bits per heavy atom. The molecule has 32 heavy (non-hydrogen) atoms. The van der Waals surface area contributed by atoms with E-state index in [2.05, 4.69) is 15.2 Å². The van der Waals surface area contributed by atoms with Crippen LogP contribution in [0.5, 0.6) is 0 Å². The molecule has 1 saturated carbocycles. The summed E-state index contributed by atoms with van der Waals surface area (Å²) in [6.45, 7) is 4.19. The minimum atomic E-state index is -0.679. The quantitative estimate of drug-likeness (QED) is 0.657. The molecule has 2 fully saturated rings. The zero-order chi connectivity index (χ0) is 22.4. The SMILES string of the molecule is Cc1ccn2c(CC3CN(C)CCO3)c(-c3c(F)cc(NC4CC(=O)C4)cc3F)nc2c1. The highest BCUT2D eigenvalue weighted by atomic mass is 19.1. The second-order valence-corrected chi connectivity index (χ2v) is 8.90. The number of Topliss-reactive ketones (excluding diaryl/α,β-unsaturated/α-hetero) is 1. The molecule has 8 heteroatoms. The van der Waals surface area contributed by atoms with Crippen molar-refractivity contribution in [3.05, 3.63) is 53.4 Å². The van der Waals surface area contributed by atoms with E-state index in [9.17, 15) is 4.79 Å². The Labute approximate surface area is 185 Å². The Bertz CT molecular complexity index is 1160. The standard InChI is InChI=1S/C24H26F2N4O2/c1-14-3-4-30-21(12-18-13-29(2)5-6-32-18)24(28-22(30)7-14)23-19(25)10-16(11-20(23)26)27-15-8-17(31)9-15/h3-4,7,10-11,15,18,27H,5-6,8-9,12-13H2,1-2H3. The lowest BCUT2D eigenvalue weighted by Crippen LogP contribution is -2.41. The lowest BCUT2D eigenvalue weighted by molar-refractivity contribution is -0.124. The number of pyridine rings is 1. The zero-order valence-corrected chi connectivity index (χ0v) is 18.2. The summed E-state index contributed by atoms with van der Waals surface area (Å²) in [6, 6.07) is 6.35. The highest BCUT2D eigenvalue weighted by Crippen LogP contribution is 2.33. The number of aromatic nitrogens is 2. The summed E-state index contributed by atoms with van der Waals surface area (Å²) in [5, 5.41) is 3.04. The van der Waals surface area contributed by atoms with Crippen molar-refractivity contribution in [3.63, 3.8) is 0 Å². The summed E-state index contributed by atoms with van der Waals surface area (Å²) in [5.74, 6) is -1.21. The molecule has 0 amide bonds. The molecule has 3 heterocycles. The molecular formula is C24H26F2N4O2. The number of anilines is 1. The number of halogens is 2. The molecule has 1 unspecified atom stereocenters. The predicted molar refractivity (Wildman–Crippen MR) is 118 cm³/mol. The van der Waals surface area contributed by atoms with Gasteiger partial charge >= 0.3 is 0 Å². The van der Waals surface area contributed by atoms with E-state index in [0.717, 1.165) is 24.3 Å². The van der Waals surface area contributed by atoms with Gasteiger partial charge in [-0.1, -0.05) is 0 Å². The topological polar surface area (TPSA) is 58.9 Å². The number of imidazole rings is 1. The molecular weight excluding hydrogens is 414 g/mol. The third kappa shape index (κ3) is 4.00. The van der Waals surface area contributed by atoms with Gasteiger partial charge in [0.05, 0.1) is 29.7 Å². The Hall–Kier alpha value is -2.84. The average molecular weight is 440 g/mol. The maximum absolute atomic E-state index is 15.2. The number of ketones is 1. The third-order valence-electron chi connectivity index (χ3n) is 6.24. The number of carbonyl (C=O) groups is 1. The second kappa shape index (κ2) is 8.26. The van der Waals surface area contributed by atoms with Crippen molar-refractivity contribution in [2.24, 2.45) is 0 Å². The number of nitrogens with one attached hydrogen (secondary N) is 1. The van der Waals surface area contributed by atoms with Gasteiger partial charge in [-0.05, 0) is 43.8 Å². The third-order valence-corrected chi connectivity index (χ3v) is 6.24. The fourth-order valence-corrected chi connectivity index (χ4v) is 4.51. The molecule has 1 atom stereocenters. The Balaban J connectivity index is 1.54. The van der Waals surface area contributed by atoms with E-state index in [0.29, 0.717) is 42.9 Å². The molecule has 1 aliphatic carbocycles. The summed E-state index contributed by atoms with van der Waals surface area (Å²) in [4.78, 5) is 18.0. The number of carbonyl (C=O) groups excluding carboxylic acids is 1. The summed E-state index contributed by atoms with van der Waals surface area (Å²) in [7, 11) is 2.04. The van der Waals surface area contributed by atoms with E-state index < -0.39 is 11.6 Å². The first kappa shape index (κ1) is 21.0. The maximum atomic E-state index is 15.2. The fraction of sp³-hybridized carbons (Fsp3) is 0.417. The van der Waals surface area contributed by atoms with E-state index >= 15 is 8.78 Å². The van der Waals surface area contributed by atoms with Gasteiger partial charge in [-0.3, -0.25) is 4.79 Å². The van der Waals surface area contributed by atoms with Crippen LogP contribution in [0, 0.1) is 18.6 Å². The number of morpholine rings is 1. The maximum Gasteiger partial charge on any atom is 0.137 e.